The van der Waals surface area contributed by atoms with E-state index in [-0.39, 0.29) is 5.91 Å². The number of carbonyl (C=O) groups is 1. The molecule has 0 heterocycles. The largest absolute Gasteiger partial charge is 0.490 e. The maximum Gasteiger partial charge on any atom is 0.253 e. The lowest BCUT2D eigenvalue weighted by molar-refractivity contribution is 0.0825. The number of nitrogens with zero attached hydrogens (tertiary/aromatic N) is 1. The van der Waals surface area contributed by atoms with Gasteiger partial charge in [-0.3, -0.25) is 4.79 Å². The minimum absolute atomic E-state index is 0.0270. The van der Waals surface area contributed by atoms with E-state index in [4.69, 9.17) is 4.74 Å². The van der Waals surface area contributed by atoms with Gasteiger partial charge in [0.1, 0.15) is 5.75 Å². The predicted octanol–water partition coefficient (Wildman–Crippen LogP) is 3.35. The lowest BCUT2D eigenvalue weighted by Crippen LogP contribution is -2.26. The molecule has 1 aromatic rings. The topological polar surface area (TPSA) is 29.5 Å². The molecule has 0 spiro atoms. The zero-order valence-corrected chi connectivity index (χ0v) is 12.3. The number of rotatable bonds is 3. The highest BCUT2D eigenvalue weighted by atomic mass is 16.5. The maximum absolute atomic E-state index is 12.0. The van der Waals surface area contributed by atoms with Gasteiger partial charge in [0.2, 0.25) is 0 Å². The second kappa shape index (κ2) is 5.47. The van der Waals surface area contributed by atoms with Gasteiger partial charge in [0.05, 0.1) is 6.10 Å². The van der Waals surface area contributed by atoms with Gasteiger partial charge >= 0.3 is 0 Å². The van der Waals surface area contributed by atoms with E-state index in [2.05, 4.69) is 0 Å². The van der Waals surface area contributed by atoms with Crippen LogP contribution in [0.4, 0.5) is 0 Å². The first kappa shape index (κ1) is 13.5. The van der Waals surface area contributed by atoms with E-state index < -0.39 is 0 Å². The standard InChI is InChI=1S/C17H23NO2/c1-18(2)17(19)14-4-3-5-15(11-14)20-16-9-12-6-7-13(8-12)10-16/h3-5,11-13,16H,6-10H2,1-2H3/t12-,13+,16-. The summed E-state index contributed by atoms with van der Waals surface area (Å²) in [6.07, 6.45) is 6.86. The zero-order valence-electron chi connectivity index (χ0n) is 12.3. The Morgan fingerprint density at radius 2 is 1.85 bits per heavy atom. The molecule has 2 aliphatic carbocycles. The first-order valence-corrected chi connectivity index (χ1v) is 7.60. The van der Waals surface area contributed by atoms with Crippen LogP contribution in [-0.2, 0) is 0 Å². The van der Waals surface area contributed by atoms with E-state index in [1.807, 2.05) is 24.3 Å². The number of ether oxygens (including phenoxy) is 1. The molecule has 2 saturated carbocycles. The molecule has 0 unspecified atom stereocenters. The minimum atomic E-state index is 0.0270. The van der Waals surface area contributed by atoms with Gasteiger partial charge in [0.15, 0.2) is 0 Å². The fraction of sp³-hybridized carbons (Fsp3) is 0.588. The van der Waals surface area contributed by atoms with Crippen LogP contribution in [0.15, 0.2) is 24.3 Å². The van der Waals surface area contributed by atoms with Crippen molar-refractivity contribution in [2.24, 2.45) is 11.8 Å². The summed E-state index contributed by atoms with van der Waals surface area (Å²) < 4.78 is 6.14. The van der Waals surface area contributed by atoms with Crippen LogP contribution < -0.4 is 4.74 Å². The van der Waals surface area contributed by atoms with E-state index in [0.29, 0.717) is 11.7 Å². The average Bonchev–Trinajstić information content (AvgIpc) is 2.77. The Kier molecular flexibility index (Phi) is 3.68. The van der Waals surface area contributed by atoms with E-state index in [0.717, 1.165) is 17.6 Å². The highest BCUT2D eigenvalue weighted by molar-refractivity contribution is 5.94. The summed E-state index contributed by atoms with van der Waals surface area (Å²) in [7, 11) is 3.55. The smallest absolute Gasteiger partial charge is 0.253 e. The van der Waals surface area contributed by atoms with Crippen LogP contribution in [0.5, 0.6) is 5.75 Å². The third-order valence-electron chi connectivity index (χ3n) is 4.63. The normalized spacial score (nSPS) is 28.2. The molecule has 3 rings (SSSR count). The number of hydrogen-bond donors (Lipinski definition) is 0. The summed E-state index contributed by atoms with van der Waals surface area (Å²) in [5, 5.41) is 0. The molecule has 0 aliphatic heterocycles. The molecule has 3 atom stereocenters. The molecule has 20 heavy (non-hydrogen) atoms. The van der Waals surface area contributed by atoms with E-state index in [9.17, 15) is 4.79 Å². The Balaban J connectivity index is 1.68. The van der Waals surface area contributed by atoms with Gasteiger partial charge in [-0.15, -0.1) is 0 Å². The van der Waals surface area contributed by atoms with Gasteiger partial charge in [0.25, 0.3) is 5.91 Å². The molecule has 0 aromatic heterocycles. The molecule has 2 bridgehead atoms. The van der Waals surface area contributed by atoms with Gasteiger partial charge in [0, 0.05) is 19.7 Å². The van der Waals surface area contributed by atoms with Crippen molar-refractivity contribution in [2.75, 3.05) is 14.1 Å². The molecule has 3 nitrogen and oxygen atoms in total. The lowest BCUT2D eigenvalue weighted by Gasteiger charge is -2.28. The first-order valence-electron chi connectivity index (χ1n) is 7.60. The average molecular weight is 273 g/mol. The van der Waals surface area contributed by atoms with Gasteiger partial charge in [-0.1, -0.05) is 18.9 Å². The van der Waals surface area contributed by atoms with Crippen molar-refractivity contribution >= 4 is 5.91 Å². The van der Waals surface area contributed by atoms with Crippen molar-refractivity contribution in [2.45, 2.75) is 38.2 Å². The van der Waals surface area contributed by atoms with Gasteiger partial charge in [-0.05, 0) is 49.3 Å². The third kappa shape index (κ3) is 2.82. The van der Waals surface area contributed by atoms with E-state index in [1.54, 1.807) is 19.0 Å². The van der Waals surface area contributed by atoms with Crippen LogP contribution in [0, 0.1) is 11.8 Å². The molecule has 2 fully saturated rings. The Morgan fingerprint density at radius 1 is 1.15 bits per heavy atom. The molecule has 2 aliphatic rings. The highest BCUT2D eigenvalue weighted by Crippen LogP contribution is 2.43. The molecular weight excluding hydrogens is 250 g/mol. The molecule has 0 radical (unpaired) electrons. The predicted molar refractivity (Wildman–Crippen MR) is 78.9 cm³/mol. The second-order valence-corrected chi connectivity index (χ2v) is 6.48. The van der Waals surface area contributed by atoms with Crippen molar-refractivity contribution < 1.29 is 9.53 Å². The van der Waals surface area contributed by atoms with Crippen LogP contribution in [0.1, 0.15) is 42.5 Å². The van der Waals surface area contributed by atoms with E-state index in [1.165, 1.54) is 32.1 Å². The minimum Gasteiger partial charge on any atom is -0.490 e. The summed E-state index contributed by atoms with van der Waals surface area (Å²) in [5.41, 5.74) is 0.700. The highest BCUT2D eigenvalue weighted by Gasteiger charge is 2.35. The van der Waals surface area contributed by atoms with Gasteiger partial charge in [-0.25, -0.2) is 0 Å². The molecule has 0 N–H and O–H groups in total. The summed E-state index contributed by atoms with van der Waals surface area (Å²) in [5.74, 6) is 2.60. The Labute approximate surface area is 120 Å². The van der Waals surface area contributed by atoms with Crippen LogP contribution in [-0.4, -0.2) is 31.0 Å². The van der Waals surface area contributed by atoms with Crippen LogP contribution >= 0.6 is 0 Å². The first-order chi connectivity index (χ1) is 9.61. The number of fused-ring (bicyclic) bond motifs is 2. The SMILES string of the molecule is CN(C)C(=O)c1cccc(O[C@@H]2C[C@@H]3CC[C@@H](C3)C2)c1. The molecule has 108 valence electrons. The molecule has 3 heteroatoms. The number of hydrogen-bond acceptors (Lipinski definition) is 2. The fourth-order valence-corrected chi connectivity index (χ4v) is 3.70. The second-order valence-electron chi connectivity index (χ2n) is 6.48. The quantitative estimate of drug-likeness (QED) is 0.845. The van der Waals surface area contributed by atoms with Crippen LogP contribution in [0.2, 0.25) is 0 Å². The third-order valence-corrected chi connectivity index (χ3v) is 4.63. The summed E-state index contributed by atoms with van der Waals surface area (Å²) in [6, 6.07) is 7.59. The van der Waals surface area contributed by atoms with Gasteiger partial charge in [-0.2, -0.15) is 0 Å². The lowest BCUT2D eigenvalue weighted by atomic mass is 9.87. The Morgan fingerprint density at radius 3 is 2.50 bits per heavy atom. The number of amides is 1. The fourth-order valence-electron chi connectivity index (χ4n) is 3.70. The van der Waals surface area contributed by atoms with Crippen molar-refractivity contribution in [3.8, 4) is 5.75 Å². The van der Waals surface area contributed by atoms with Gasteiger partial charge < -0.3 is 9.64 Å². The summed E-state index contributed by atoms with van der Waals surface area (Å²) in [6.45, 7) is 0. The molecule has 1 aromatic carbocycles. The maximum atomic E-state index is 12.0. The van der Waals surface area contributed by atoms with Crippen molar-refractivity contribution in [1.29, 1.82) is 0 Å². The van der Waals surface area contributed by atoms with E-state index >= 15 is 0 Å². The molecule has 1 amide bonds. The van der Waals surface area contributed by atoms with Crippen molar-refractivity contribution in [1.82, 2.24) is 4.90 Å². The monoisotopic (exact) mass is 273 g/mol. The number of carbonyl (C=O) groups excluding carboxylic acids is 1. The van der Waals surface area contributed by atoms with Crippen molar-refractivity contribution in [3.05, 3.63) is 29.8 Å². The summed E-state index contributed by atoms with van der Waals surface area (Å²) in [4.78, 5) is 13.6. The summed E-state index contributed by atoms with van der Waals surface area (Å²) >= 11 is 0. The Bertz CT molecular complexity index is 486. The molecule has 0 saturated heterocycles. The molecular formula is C17H23NO2. The van der Waals surface area contributed by atoms with Crippen LogP contribution in [0.3, 0.4) is 0 Å². The van der Waals surface area contributed by atoms with Crippen molar-refractivity contribution in [3.63, 3.8) is 0 Å². The zero-order chi connectivity index (χ0) is 14.1. The Hall–Kier alpha value is -1.51. The van der Waals surface area contributed by atoms with Crippen LogP contribution in [0.25, 0.3) is 0 Å². The number of benzene rings is 1.